The summed E-state index contributed by atoms with van der Waals surface area (Å²) < 4.78 is 0.783. The Morgan fingerprint density at radius 1 is 1.07 bits per heavy atom. The number of para-hydroxylation sites is 1. The van der Waals surface area contributed by atoms with E-state index in [1.807, 2.05) is 0 Å². The van der Waals surface area contributed by atoms with E-state index >= 15 is 0 Å². The molecule has 3 rings (SSSR count). The highest BCUT2D eigenvalue weighted by atomic mass is 16.4. The standard InChI is InChI=1S/C21H21N3O6/c1-12(25)17(20(28)29)23-18(26)16(11-13-7-3-2-4-8-13)24-19(27)14-9-5-6-10-15(14)22-21(24)30/h2-10,12,16-17,25H,11H2,1H3,(H,22,30)(H,23,26)(H,28,29)/t12-,16-,17+/m1/s1. The molecule has 0 aliphatic rings. The molecule has 9 heteroatoms. The molecule has 30 heavy (non-hydrogen) atoms. The second-order valence-corrected chi connectivity index (χ2v) is 6.92. The van der Waals surface area contributed by atoms with E-state index in [2.05, 4.69) is 10.3 Å². The molecule has 0 fully saturated rings. The van der Waals surface area contributed by atoms with Crippen LogP contribution >= 0.6 is 0 Å². The van der Waals surface area contributed by atoms with E-state index in [9.17, 15) is 29.4 Å². The number of carboxylic acids is 1. The van der Waals surface area contributed by atoms with Crippen molar-refractivity contribution in [1.29, 1.82) is 0 Å². The van der Waals surface area contributed by atoms with Crippen molar-refractivity contribution in [1.82, 2.24) is 14.9 Å². The average molecular weight is 411 g/mol. The lowest BCUT2D eigenvalue weighted by Crippen LogP contribution is -2.52. The number of H-pyrrole nitrogens is 1. The summed E-state index contributed by atoms with van der Waals surface area (Å²) in [6, 6.07) is 12.2. The van der Waals surface area contributed by atoms with Crippen LogP contribution < -0.4 is 16.6 Å². The monoisotopic (exact) mass is 411 g/mol. The normalized spacial score (nSPS) is 14.1. The number of fused-ring (bicyclic) bond motifs is 1. The molecule has 0 spiro atoms. The topological polar surface area (TPSA) is 141 Å². The number of aliphatic carboxylic acids is 1. The molecular weight excluding hydrogens is 390 g/mol. The Morgan fingerprint density at radius 2 is 1.70 bits per heavy atom. The number of hydrogen-bond acceptors (Lipinski definition) is 5. The first-order chi connectivity index (χ1) is 14.3. The quantitative estimate of drug-likeness (QED) is 0.444. The molecule has 0 saturated heterocycles. The van der Waals surface area contributed by atoms with Gasteiger partial charge in [0.05, 0.1) is 17.0 Å². The van der Waals surface area contributed by atoms with Gasteiger partial charge in [0, 0.05) is 6.42 Å². The number of carbonyl (C=O) groups is 2. The number of rotatable bonds is 7. The molecule has 0 unspecified atom stereocenters. The molecule has 0 bridgehead atoms. The van der Waals surface area contributed by atoms with Crippen molar-refractivity contribution in [3.05, 3.63) is 81.0 Å². The van der Waals surface area contributed by atoms with Gasteiger partial charge in [-0.25, -0.2) is 14.2 Å². The second-order valence-electron chi connectivity index (χ2n) is 6.92. The highest BCUT2D eigenvalue weighted by Crippen LogP contribution is 2.14. The first-order valence-corrected chi connectivity index (χ1v) is 9.28. The van der Waals surface area contributed by atoms with E-state index in [-0.39, 0.29) is 11.8 Å². The van der Waals surface area contributed by atoms with Gasteiger partial charge in [0.1, 0.15) is 6.04 Å². The largest absolute Gasteiger partial charge is 0.480 e. The molecule has 156 valence electrons. The van der Waals surface area contributed by atoms with Crippen LogP contribution in [0.3, 0.4) is 0 Å². The van der Waals surface area contributed by atoms with Crippen LogP contribution in [0.1, 0.15) is 18.5 Å². The fraction of sp³-hybridized carbons (Fsp3) is 0.238. The van der Waals surface area contributed by atoms with Crippen LogP contribution in [0.15, 0.2) is 64.2 Å². The number of nitrogens with zero attached hydrogens (tertiary/aromatic N) is 1. The van der Waals surface area contributed by atoms with Crippen LogP contribution in [-0.4, -0.2) is 43.8 Å². The Morgan fingerprint density at radius 3 is 2.33 bits per heavy atom. The Balaban J connectivity index is 2.12. The van der Waals surface area contributed by atoms with Gasteiger partial charge >= 0.3 is 11.7 Å². The molecule has 0 saturated carbocycles. The number of nitrogens with one attached hydrogen (secondary N) is 2. The third-order valence-corrected chi connectivity index (χ3v) is 4.77. The summed E-state index contributed by atoms with van der Waals surface area (Å²) in [5.74, 6) is -2.30. The number of aliphatic hydroxyl groups is 1. The molecular formula is C21H21N3O6. The summed E-state index contributed by atoms with van der Waals surface area (Å²) in [4.78, 5) is 52.7. The Kier molecular flexibility index (Phi) is 6.12. The SMILES string of the molecule is C[C@@H](O)[C@H](NC(=O)[C@@H](Cc1ccccc1)n1c(=O)[nH]c2ccccc2c1=O)C(=O)O. The molecule has 0 radical (unpaired) electrons. The van der Waals surface area contributed by atoms with Crippen molar-refractivity contribution in [3.8, 4) is 0 Å². The molecule has 3 atom stereocenters. The number of amides is 1. The van der Waals surface area contributed by atoms with Crippen molar-refractivity contribution in [2.24, 2.45) is 0 Å². The molecule has 1 aromatic heterocycles. The van der Waals surface area contributed by atoms with Gasteiger partial charge in [-0.05, 0) is 24.6 Å². The van der Waals surface area contributed by atoms with Gasteiger partial charge in [0.25, 0.3) is 5.56 Å². The Bertz CT molecular complexity index is 1180. The molecule has 2 aromatic carbocycles. The maximum Gasteiger partial charge on any atom is 0.329 e. The number of aliphatic hydroxyl groups excluding tert-OH is 1. The number of aromatic amines is 1. The predicted octanol–water partition coefficient (Wildman–Crippen LogP) is 0.424. The lowest BCUT2D eigenvalue weighted by molar-refractivity contribution is -0.145. The molecule has 1 amide bonds. The smallest absolute Gasteiger partial charge is 0.329 e. The van der Waals surface area contributed by atoms with Crippen molar-refractivity contribution in [2.75, 3.05) is 0 Å². The maximum absolute atomic E-state index is 13.0. The van der Waals surface area contributed by atoms with Crippen molar-refractivity contribution < 1.29 is 19.8 Å². The van der Waals surface area contributed by atoms with E-state index in [0.29, 0.717) is 11.1 Å². The summed E-state index contributed by atoms with van der Waals surface area (Å²) >= 11 is 0. The van der Waals surface area contributed by atoms with Crippen LogP contribution in [0.5, 0.6) is 0 Å². The lowest BCUT2D eigenvalue weighted by atomic mass is 10.0. The minimum Gasteiger partial charge on any atom is -0.480 e. The number of benzene rings is 2. The lowest BCUT2D eigenvalue weighted by Gasteiger charge is -2.23. The van der Waals surface area contributed by atoms with E-state index in [0.717, 1.165) is 4.57 Å². The van der Waals surface area contributed by atoms with Gasteiger partial charge in [-0.3, -0.25) is 9.59 Å². The van der Waals surface area contributed by atoms with Crippen LogP contribution in [0.4, 0.5) is 0 Å². The van der Waals surface area contributed by atoms with E-state index in [1.165, 1.54) is 13.0 Å². The maximum atomic E-state index is 13.0. The van der Waals surface area contributed by atoms with Crippen molar-refractivity contribution in [3.63, 3.8) is 0 Å². The highest BCUT2D eigenvalue weighted by molar-refractivity contribution is 5.87. The average Bonchev–Trinajstić information content (AvgIpc) is 2.71. The second kappa shape index (κ2) is 8.75. The van der Waals surface area contributed by atoms with Crippen LogP contribution in [0, 0.1) is 0 Å². The van der Waals surface area contributed by atoms with Gasteiger partial charge in [0.2, 0.25) is 5.91 Å². The van der Waals surface area contributed by atoms with E-state index < -0.39 is 41.3 Å². The number of hydrogen-bond donors (Lipinski definition) is 4. The van der Waals surface area contributed by atoms with Crippen LogP contribution in [-0.2, 0) is 16.0 Å². The molecule has 1 heterocycles. The van der Waals surface area contributed by atoms with Crippen LogP contribution in [0.25, 0.3) is 10.9 Å². The third kappa shape index (κ3) is 4.31. The molecule has 0 aliphatic heterocycles. The zero-order valence-electron chi connectivity index (χ0n) is 16.1. The van der Waals surface area contributed by atoms with Gasteiger partial charge in [-0.15, -0.1) is 0 Å². The summed E-state index contributed by atoms with van der Waals surface area (Å²) in [7, 11) is 0. The fourth-order valence-corrected chi connectivity index (χ4v) is 3.24. The van der Waals surface area contributed by atoms with Gasteiger partial charge in [-0.1, -0.05) is 42.5 Å². The number of carboxylic acid groups (broad SMARTS) is 1. The zero-order chi connectivity index (χ0) is 21.8. The van der Waals surface area contributed by atoms with Gasteiger partial charge in [-0.2, -0.15) is 0 Å². The molecule has 9 nitrogen and oxygen atoms in total. The minimum absolute atomic E-state index is 0.0276. The summed E-state index contributed by atoms with van der Waals surface area (Å²) in [5.41, 5.74) is -0.468. The fourth-order valence-electron chi connectivity index (χ4n) is 3.24. The summed E-state index contributed by atoms with van der Waals surface area (Å²) in [5, 5.41) is 21.4. The van der Waals surface area contributed by atoms with Crippen molar-refractivity contribution >= 4 is 22.8 Å². The van der Waals surface area contributed by atoms with E-state index in [4.69, 9.17) is 0 Å². The first-order valence-electron chi connectivity index (χ1n) is 9.28. The number of aromatic nitrogens is 2. The Labute approximate surface area is 170 Å². The zero-order valence-corrected chi connectivity index (χ0v) is 16.1. The summed E-state index contributed by atoms with van der Waals surface area (Å²) in [6.07, 6.45) is -1.41. The molecule has 3 aromatic rings. The van der Waals surface area contributed by atoms with Gasteiger partial charge in [0.15, 0.2) is 6.04 Å². The number of carbonyl (C=O) groups excluding carboxylic acids is 1. The third-order valence-electron chi connectivity index (χ3n) is 4.77. The van der Waals surface area contributed by atoms with Gasteiger partial charge < -0.3 is 20.5 Å². The molecule has 4 N–H and O–H groups in total. The van der Waals surface area contributed by atoms with Crippen LogP contribution in [0.2, 0.25) is 0 Å². The Hall–Kier alpha value is -3.72. The highest BCUT2D eigenvalue weighted by Gasteiger charge is 2.31. The first kappa shape index (κ1) is 21.0. The van der Waals surface area contributed by atoms with Crippen molar-refractivity contribution in [2.45, 2.75) is 31.5 Å². The van der Waals surface area contributed by atoms with E-state index in [1.54, 1.807) is 48.5 Å². The predicted molar refractivity (Wildman–Crippen MR) is 109 cm³/mol. The summed E-state index contributed by atoms with van der Waals surface area (Å²) in [6.45, 7) is 1.22. The minimum atomic E-state index is -1.59. The molecule has 0 aliphatic carbocycles.